The van der Waals surface area contributed by atoms with E-state index in [1.54, 1.807) is 23.9 Å². The lowest BCUT2D eigenvalue weighted by atomic mass is 9.99. The second kappa shape index (κ2) is 25.6. The van der Waals surface area contributed by atoms with Gasteiger partial charge in [0, 0.05) is 72.9 Å². The number of benzene rings is 3. The van der Waals surface area contributed by atoms with Gasteiger partial charge in [0.2, 0.25) is 17.8 Å². The van der Waals surface area contributed by atoms with Gasteiger partial charge >= 0.3 is 17.9 Å². The van der Waals surface area contributed by atoms with E-state index >= 15 is 0 Å². The first-order valence-electron chi connectivity index (χ1n) is 22.0. The lowest BCUT2D eigenvalue weighted by Gasteiger charge is -2.19. The Labute approximate surface area is 414 Å². The van der Waals surface area contributed by atoms with E-state index in [2.05, 4.69) is 65.5 Å². The quantitative estimate of drug-likeness (QED) is 0.0206. The number of nitrogens with zero attached hydrogens (tertiary/aromatic N) is 4. The van der Waals surface area contributed by atoms with E-state index in [9.17, 15) is 43.8 Å². The van der Waals surface area contributed by atoms with Crippen LogP contribution in [0.5, 0.6) is 0 Å². The lowest BCUT2D eigenvalue weighted by molar-refractivity contribution is -0.144. The Balaban J connectivity index is 0.847. The predicted molar refractivity (Wildman–Crippen MR) is 269 cm³/mol. The molecule has 0 spiro atoms. The number of Topliss-reactive ketones (excluding diaryl/α,β-unsaturated/α-hetero) is 1. The van der Waals surface area contributed by atoms with Gasteiger partial charge in [-0.25, -0.2) is 14.8 Å². The summed E-state index contributed by atoms with van der Waals surface area (Å²) in [4.78, 5) is 104. The molecule has 5 aromatic rings. The molecule has 20 nitrogen and oxygen atoms in total. The summed E-state index contributed by atoms with van der Waals surface area (Å²) in [5.41, 5.74) is 18.4. The molecular weight excluding hydrogens is 961 g/mol. The van der Waals surface area contributed by atoms with Crippen molar-refractivity contribution >= 4 is 103 Å². The third-order valence-electron chi connectivity index (χ3n) is 10.9. The number of thioether (sulfide) groups is 1. The van der Waals surface area contributed by atoms with Crippen LogP contribution in [-0.2, 0) is 40.0 Å². The molecule has 0 aliphatic heterocycles. The monoisotopic (exact) mass is 1010 g/mol. The minimum Gasteiger partial charge on any atom is -0.481 e. The summed E-state index contributed by atoms with van der Waals surface area (Å²) < 4.78 is 5.22. The van der Waals surface area contributed by atoms with Crippen LogP contribution in [-0.4, -0.2) is 120 Å². The molecule has 3 amide bonds. The number of hydrogen-bond donors (Lipinski definition) is 8. The molecule has 23 heteroatoms. The van der Waals surface area contributed by atoms with Crippen LogP contribution < -0.4 is 32.7 Å². The van der Waals surface area contributed by atoms with Crippen LogP contribution in [0.2, 0.25) is 0 Å². The second-order valence-electron chi connectivity index (χ2n) is 16.0. The number of carboxylic acids is 2. The molecule has 368 valence electrons. The van der Waals surface area contributed by atoms with Gasteiger partial charge in [0.15, 0.2) is 22.8 Å². The number of ketones is 1. The van der Waals surface area contributed by atoms with Crippen LogP contribution in [0, 0.1) is 5.92 Å². The molecule has 0 bridgehead atoms. The fourth-order valence-electron chi connectivity index (χ4n) is 7.42. The maximum Gasteiger partial charge on any atom is 0.326 e. The molecule has 3 aromatic carbocycles. The number of hydrogen-bond acceptors (Lipinski definition) is 18. The minimum atomic E-state index is -1.38. The number of carbonyl (C=O) groups excluding carboxylic acids is 5. The number of aliphatic carboxylic acids is 2. The average Bonchev–Trinajstić information content (AvgIpc) is 3.65. The smallest absolute Gasteiger partial charge is 0.326 e. The van der Waals surface area contributed by atoms with Crippen LogP contribution in [0.25, 0.3) is 22.3 Å². The van der Waals surface area contributed by atoms with Crippen LogP contribution in [0.3, 0.4) is 0 Å². The van der Waals surface area contributed by atoms with Gasteiger partial charge in [-0.1, -0.05) is 70.1 Å². The van der Waals surface area contributed by atoms with E-state index in [1.165, 1.54) is 58.3 Å². The molecule has 2 heterocycles. The molecule has 0 saturated heterocycles. The third kappa shape index (κ3) is 15.0. The van der Waals surface area contributed by atoms with Gasteiger partial charge in [-0.15, -0.1) is 0 Å². The molecule has 0 radical (unpaired) electrons. The number of nitrogen functional groups attached to an aromatic ring is 2. The number of nitrogens with one attached hydrogen (secondary N) is 4. The third-order valence-corrected chi connectivity index (χ3v) is 14.4. The van der Waals surface area contributed by atoms with Crippen LogP contribution >= 0.6 is 33.3 Å². The first-order chi connectivity index (χ1) is 33.7. The Morgan fingerprint density at radius 1 is 0.800 bits per heavy atom. The Kier molecular flexibility index (Phi) is 19.1. The highest BCUT2D eigenvalue weighted by Crippen LogP contribution is 2.45. The molecule has 2 aromatic heterocycles. The molecule has 1 aliphatic rings. The van der Waals surface area contributed by atoms with E-state index < -0.39 is 59.9 Å². The highest BCUT2D eigenvalue weighted by atomic mass is 33.1. The zero-order chi connectivity index (χ0) is 50.2. The van der Waals surface area contributed by atoms with Gasteiger partial charge in [0.1, 0.15) is 18.7 Å². The first kappa shape index (κ1) is 52.4. The zero-order valence-corrected chi connectivity index (χ0v) is 40.4. The summed E-state index contributed by atoms with van der Waals surface area (Å²) in [5.74, 6) is -4.44. The average molecular weight is 1010 g/mol. The molecule has 1 aliphatic carbocycles. The normalized spacial score (nSPS) is 13.0. The largest absolute Gasteiger partial charge is 0.481 e. The molecule has 0 fully saturated rings. The summed E-state index contributed by atoms with van der Waals surface area (Å²) >= 11 is 1.66. The molecule has 6 rings (SSSR count). The summed E-state index contributed by atoms with van der Waals surface area (Å²) in [6.45, 7) is 1.23. The Morgan fingerprint density at radius 2 is 1.50 bits per heavy atom. The van der Waals surface area contributed by atoms with Gasteiger partial charge in [0.05, 0.1) is 24.4 Å². The van der Waals surface area contributed by atoms with Crippen LogP contribution in [0.4, 0.5) is 17.5 Å². The van der Waals surface area contributed by atoms with E-state index in [0.29, 0.717) is 22.7 Å². The maximum absolute atomic E-state index is 13.2. The molecule has 10 N–H and O–H groups in total. The standard InChI is InChI=1S/C47H52N10O10S3/c1-26(58)53-37(23-51-39(60)16-18-68-25-35-33-8-4-2-6-31(33)32-7-3-5-9-34(32)35)38(59)20-28(45(63)64)24-70-69-19-17-67-40(61)15-14-36(46(65)66)55-44(62)27-10-12-29(13-11-27)50-21-30-22-52-43-41(54-30)42(48)56-47(49)57-43/h2-13,22,28,35-37,50H,14-21,23-25H2,1H3,(H,51,60)(H,53,58)(H,55,62)(H,63,64)(H,65,66)(H4,48,49,52,56,57)/t28-,36?,37-/m0/s1. The van der Waals surface area contributed by atoms with Crippen molar-refractivity contribution in [2.45, 2.75) is 57.2 Å². The lowest BCUT2D eigenvalue weighted by Crippen LogP contribution is -2.48. The number of fused-ring (bicyclic) bond motifs is 4. The number of amides is 3. The molecule has 0 saturated carbocycles. The number of carbonyl (C=O) groups is 7. The molecule has 3 atom stereocenters. The second-order valence-corrected chi connectivity index (χ2v) is 19.8. The van der Waals surface area contributed by atoms with Crippen molar-refractivity contribution in [3.63, 3.8) is 0 Å². The predicted octanol–water partition coefficient (Wildman–Crippen LogP) is 4.30. The number of anilines is 3. The topological polar surface area (TPSA) is 321 Å². The van der Waals surface area contributed by atoms with E-state index in [-0.39, 0.29) is 85.3 Å². The van der Waals surface area contributed by atoms with Crippen molar-refractivity contribution in [3.8, 4) is 11.1 Å². The summed E-state index contributed by atoms with van der Waals surface area (Å²) in [6.07, 6.45) is 0.768. The number of nitrogens with two attached hydrogens (primary N) is 2. The number of rotatable bonds is 27. The Bertz CT molecular complexity index is 2670. The summed E-state index contributed by atoms with van der Waals surface area (Å²) in [6, 6.07) is 20.4. The van der Waals surface area contributed by atoms with Crippen molar-refractivity contribution in [1.29, 1.82) is 0 Å². The van der Waals surface area contributed by atoms with Crippen molar-refractivity contribution in [1.82, 2.24) is 35.9 Å². The van der Waals surface area contributed by atoms with Crippen molar-refractivity contribution in [2.75, 3.05) is 52.9 Å². The van der Waals surface area contributed by atoms with Gasteiger partial charge < -0.3 is 47.7 Å². The number of ether oxygens (including phenoxy) is 1. The van der Waals surface area contributed by atoms with Gasteiger partial charge in [-0.05, 0) is 52.9 Å². The fourth-order valence-corrected chi connectivity index (χ4v) is 10.6. The maximum atomic E-state index is 13.2. The van der Waals surface area contributed by atoms with Crippen molar-refractivity contribution in [3.05, 3.63) is 101 Å². The summed E-state index contributed by atoms with van der Waals surface area (Å²) in [7, 11) is 2.37. The Hall–Kier alpha value is -6.98. The van der Waals surface area contributed by atoms with Crippen LogP contribution in [0.15, 0.2) is 79.0 Å². The van der Waals surface area contributed by atoms with E-state index in [0.717, 1.165) is 16.5 Å². The molecule has 1 unspecified atom stereocenters. The number of aromatic nitrogens is 4. The van der Waals surface area contributed by atoms with Crippen LogP contribution in [0.1, 0.15) is 65.7 Å². The van der Waals surface area contributed by atoms with Gasteiger partial charge in [-0.2, -0.15) is 21.7 Å². The fraction of sp³-hybridized carbons (Fsp3) is 0.340. The first-order valence-corrected chi connectivity index (χ1v) is 25.7. The summed E-state index contributed by atoms with van der Waals surface area (Å²) in [5, 5.41) is 30.4. The zero-order valence-electron chi connectivity index (χ0n) is 37.9. The number of esters is 1. The van der Waals surface area contributed by atoms with E-state index in [4.69, 9.17) is 16.2 Å². The molecule has 70 heavy (non-hydrogen) atoms. The van der Waals surface area contributed by atoms with E-state index in [1.807, 2.05) is 24.3 Å². The highest BCUT2D eigenvalue weighted by Gasteiger charge is 2.29. The molecular formula is C47H52N10O10S3. The number of carboxylic acid groups (broad SMARTS) is 2. The SMILES string of the molecule is CC(=O)N[C@@H](CNC(=O)CCSCC1c2ccccc2-c2ccccc21)C(=O)C[C@@H](CSSCCOC(=O)CCC(NC(=O)c1ccc(NCc2cnc3nc(N)nc(N)c3n2)cc1)C(=O)O)C(=O)O. The van der Waals surface area contributed by atoms with Gasteiger partial charge in [0.25, 0.3) is 5.91 Å². The van der Waals surface area contributed by atoms with Gasteiger partial charge in [-0.3, -0.25) is 28.8 Å². The highest BCUT2D eigenvalue weighted by molar-refractivity contribution is 8.76. The minimum absolute atomic E-state index is 0.0155. The van der Waals surface area contributed by atoms with Crippen molar-refractivity contribution < 1.29 is 48.5 Å². The van der Waals surface area contributed by atoms with Crippen molar-refractivity contribution in [2.24, 2.45) is 5.92 Å². The Morgan fingerprint density at radius 3 is 2.17 bits per heavy atom.